The molecule has 0 aromatic heterocycles. The quantitative estimate of drug-likeness (QED) is 0.752. The van der Waals surface area contributed by atoms with Gasteiger partial charge in [-0.1, -0.05) is 71.5 Å². The lowest BCUT2D eigenvalue weighted by Crippen LogP contribution is -2.08. The Labute approximate surface area is 127 Å². The lowest BCUT2D eigenvalue weighted by Gasteiger charge is -2.19. The average molecular weight is 274 g/mol. The van der Waals surface area contributed by atoms with Gasteiger partial charge in [-0.25, -0.2) is 0 Å². The van der Waals surface area contributed by atoms with Crippen LogP contribution in [-0.2, 0) is 4.74 Å². The van der Waals surface area contributed by atoms with Crippen LogP contribution in [0.5, 0.6) is 0 Å². The molecule has 1 heteroatoms. The molecule has 0 radical (unpaired) electrons. The number of benzene rings is 2. The predicted molar refractivity (Wildman–Crippen MR) is 86.6 cm³/mol. The van der Waals surface area contributed by atoms with Crippen molar-refractivity contribution in [3.05, 3.63) is 70.8 Å². The normalized spacial score (nSPS) is 13.0. The van der Waals surface area contributed by atoms with Crippen LogP contribution in [-0.4, -0.2) is 0 Å². The molecule has 0 amide bonds. The van der Waals surface area contributed by atoms with Gasteiger partial charge in [-0.3, -0.25) is 0 Å². The number of ether oxygens (including phenoxy) is 1. The standard InChI is InChI=1S/C20H18O/c1-5-19(17-11-7-9-15(3)13-17)21-20(6-2)18-12-8-10-16(4)14-18/h1-2,7-14,19-20H,3-4H3. The van der Waals surface area contributed by atoms with Gasteiger partial charge < -0.3 is 4.74 Å². The molecule has 2 aromatic rings. The molecule has 21 heavy (non-hydrogen) atoms. The summed E-state index contributed by atoms with van der Waals surface area (Å²) in [5.74, 6) is 5.35. The Bertz CT molecular complexity index is 639. The fourth-order valence-electron chi connectivity index (χ4n) is 2.23. The number of hydrogen-bond donors (Lipinski definition) is 0. The summed E-state index contributed by atoms with van der Waals surface area (Å²) in [6.45, 7) is 4.05. The summed E-state index contributed by atoms with van der Waals surface area (Å²) in [6, 6.07) is 15.9. The van der Waals surface area contributed by atoms with Crippen LogP contribution >= 0.6 is 0 Å². The van der Waals surface area contributed by atoms with Gasteiger partial charge in [-0.05, 0) is 25.0 Å². The van der Waals surface area contributed by atoms with E-state index in [1.807, 2.05) is 62.4 Å². The third-order valence-electron chi connectivity index (χ3n) is 3.26. The maximum Gasteiger partial charge on any atom is 0.145 e. The Morgan fingerprint density at radius 1 is 0.810 bits per heavy atom. The van der Waals surface area contributed by atoms with Crippen molar-refractivity contribution < 1.29 is 4.74 Å². The Kier molecular flexibility index (Phi) is 4.83. The third kappa shape index (κ3) is 3.76. The summed E-state index contributed by atoms with van der Waals surface area (Å²) in [5, 5.41) is 0. The monoisotopic (exact) mass is 274 g/mol. The first-order valence-corrected chi connectivity index (χ1v) is 6.85. The highest BCUT2D eigenvalue weighted by Gasteiger charge is 2.16. The first-order valence-electron chi connectivity index (χ1n) is 6.85. The highest BCUT2D eigenvalue weighted by molar-refractivity contribution is 5.31. The van der Waals surface area contributed by atoms with Gasteiger partial charge in [0.1, 0.15) is 12.2 Å². The van der Waals surface area contributed by atoms with Gasteiger partial charge in [0.25, 0.3) is 0 Å². The van der Waals surface area contributed by atoms with Crippen molar-refractivity contribution in [2.75, 3.05) is 0 Å². The molecule has 0 saturated carbocycles. The first kappa shape index (κ1) is 14.9. The van der Waals surface area contributed by atoms with E-state index in [1.165, 1.54) is 0 Å². The Balaban J connectivity index is 2.25. The minimum atomic E-state index is -0.452. The van der Waals surface area contributed by atoms with Gasteiger partial charge in [0, 0.05) is 0 Å². The zero-order valence-corrected chi connectivity index (χ0v) is 12.3. The van der Waals surface area contributed by atoms with Crippen molar-refractivity contribution in [1.82, 2.24) is 0 Å². The maximum absolute atomic E-state index is 5.96. The van der Waals surface area contributed by atoms with E-state index < -0.39 is 12.2 Å². The number of terminal acetylenes is 2. The molecule has 0 N–H and O–H groups in total. The largest absolute Gasteiger partial charge is 0.340 e. The van der Waals surface area contributed by atoms with Crippen molar-refractivity contribution >= 4 is 0 Å². The molecule has 104 valence electrons. The summed E-state index contributed by atoms with van der Waals surface area (Å²) in [5.41, 5.74) is 4.18. The molecule has 0 fully saturated rings. The van der Waals surface area contributed by atoms with E-state index in [1.54, 1.807) is 0 Å². The van der Waals surface area contributed by atoms with Crippen LogP contribution in [0.25, 0.3) is 0 Å². The van der Waals surface area contributed by atoms with Gasteiger partial charge in [-0.15, -0.1) is 12.8 Å². The van der Waals surface area contributed by atoms with Gasteiger partial charge in [0.15, 0.2) is 0 Å². The minimum absolute atomic E-state index is 0.452. The van der Waals surface area contributed by atoms with Crippen LogP contribution in [0.1, 0.15) is 34.5 Å². The Morgan fingerprint density at radius 2 is 1.24 bits per heavy atom. The van der Waals surface area contributed by atoms with E-state index in [9.17, 15) is 0 Å². The molecular formula is C20H18O. The van der Waals surface area contributed by atoms with Gasteiger partial charge >= 0.3 is 0 Å². The second-order valence-corrected chi connectivity index (χ2v) is 5.06. The molecule has 2 aromatic carbocycles. The zero-order chi connectivity index (χ0) is 15.2. The lowest BCUT2D eigenvalue weighted by atomic mass is 10.0. The Hall–Kier alpha value is -2.48. The van der Waals surface area contributed by atoms with Crippen LogP contribution in [0.15, 0.2) is 48.5 Å². The van der Waals surface area contributed by atoms with Gasteiger partial charge in [-0.2, -0.15) is 0 Å². The van der Waals surface area contributed by atoms with Crippen molar-refractivity contribution in [3.8, 4) is 24.7 Å². The molecule has 0 saturated heterocycles. The van der Waals surface area contributed by atoms with Gasteiger partial charge in [0.05, 0.1) is 0 Å². The Morgan fingerprint density at radius 3 is 1.57 bits per heavy atom. The number of aryl methyl sites for hydroxylation is 2. The summed E-state index contributed by atoms with van der Waals surface area (Å²) >= 11 is 0. The van der Waals surface area contributed by atoms with E-state index in [0.717, 1.165) is 22.3 Å². The van der Waals surface area contributed by atoms with E-state index in [2.05, 4.69) is 11.8 Å². The van der Waals surface area contributed by atoms with Crippen LogP contribution in [0.4, 0.5) is 0 Å². The number of rotatable bonds is 4. The number of hydrogen-bond acceptors (Lipinski definition) is 1. The molecule has 0 spiro atoms. The second kappa shape index (κ2) is 6.80. The van der Waals surface area contributed by atoms with E-state index in [4.69, 9.17) is 17.6 Å². The van der Waals surface area contributed by atoms with E-state index in [-0.39, 0.29) is 0 Å². The third-order valence-corrected chi connectivity index (χ3v) is 3.26. The molecule has 0 bridgehead atoms. The highest BCUT2D eigenvalue weighted by Crippen LogP contribution is 2.27. The zero-order valence-electron chi connectivity index (χ0n) is 12.3. The van der Waals surface area contributed by atoms with Crippen molar-refractivity contribution in [1.29, 1.82) is 0 Å². The van der Waals surface area contributed by atoms with E-state index >= 15 is 0 Å². The van der Waals surface area contributed by atoms with E-state index in [0.29, 0.717) is 0 Å². The maximum atomic E-state index is 5.96. The van der Waals surface area contributed by atoms with Crippen molar-refractivity contribution in [2.45, 2.75) is 26.1 Å². The molecule has 2 atom stereocenters. The fourth-order valence-corrected chi connectivity index (χ4v) is 2.23. The smallest absolute Gasteiger partial charge is 0.145 e. The molecule has 0 heterocycles. The highest BCUT2D eigenvalue weighted by atomic mass is 16.5. The molecule has 0 aliphatic carbocycles. The molecule has 2 rings (SSSR count). The first-order chi connectivity index (χ1) is 10.1. The minimum Gasteiger partial charge on any atom is -0.340 e. The van der Waals surface area contributed by atoms with Crippen molar-refractivity contribution in [3.63, 3.8) is 0 Å². The summed E-state index contributed by atoms with van der Waals surface area (Å²) < 4.78 is 5.96. The average Bonchev–Trinajstić information content (AvgIpc) is 2.48. The lowest BCUT2D eigenvalue weighted by molar-refractivity contribution is 0.0515. The SMILES string of the molecule is C#CC(OC(C#C)c1cccc(C)c1)c1cccc(C)c1. The molecule has 0 aliphatic heterocycles. The summed E-state index contributed by atoms with van der Waals surface area (Å²) in [4.78, 5) is 0. The topological polar surface area (TPSA) is 9.23 Å². The predicted octanol–water partition coefficient (Wildman–Crippen LogP) is 4.37. The fraction of sp³-hybridized carbons (Fsp3) is 0.200. The van der Waals surface area contributed by atoms with Crippen LogP contribution in [0.2, 0.25) is 0 Å². The van der Waals surface area contributed by atoms with Crippen molar-refractivity contribution in [2.24, 2.45) is 0 Å². The van der Waals surface area contributed by atoms with Crippen LogP contribution < -0.4 is 0 Å². The summed E-state index contributed by atoms with van der Waals surface area (Å²) in [6.07, 6.45) is 10.3. The van der Waals surface area contributed by atoms with Crippen LogP contribution in [0.3, 0.4) is 0 Å². The molecule has 1 nitrogen and oxygen atoms in total. The van der Waals surface area contributed by atoms with Gasteiger partial charge in [0.2, 0.25) is 0 Å². The molecule has 0 aliphatic rings. The second-order valence-electron chi connectivity index (χ2n) is 5.06. The molecule has 2 unspecified atom stereocenters. The van der Waals surface area contributed by atoms with Crippen LogP contribution in [0, 0.1) is 38.5 Å². The molecular weight excluding hydrogens is 256 g/mol. The summed E-state index contributed by atoms with van der Waals surface area (Å²) in [7, 11) is 0.